The van der Waals surface area contributed by atoms with E-state index in [-0.39, 0.29) is 11.1 Å². The minimum absolute atomic E-state index is 0.225. The van der Waals surface area contributed by atoms with Crippen molar-refractivity contribution in [1.82, 2.24) is 19.6 Å². The Labute approximate surface area is 216 Å². The number of aromatic nitrogens is 4. The summed E-state index contributed by atoms with van der Waals surface area (Å²) < 4.78 is 9.55. The number of hydrogen-bond donors (Lipinski definition) is 2. The first-order valence-electron chi connectivity index (χ1n) is 11.5. The molecule has 0 atom stereocenters. The molecule has 0 bridgehead atoms. The SMILES string of the molecule is COc1ccc(Br)cc1C(c1c(C)[nH]n(-c2ccccc2)c1=O)c1c(C)[nH]n(-c2ccccc2)c1=O. The van der Waals surface area contributed by atoms with Crippen molar-refractivity contribution in [3.63, 3.8) is 0 Å². The molecule has 182 valence electrons. The number of para-hydroxylation sites is 2. The van der Waals surface area contributed by atoms with E-state index in [1.54, 1.807) is 7.11 Å². The fraction of sp³-hybridized carbons (Fsp3) is 0.143. The first kappa shape index (κ1) is 23.7. The van der Waals surface area contributed by atoms with Crippen molar-refractivity contribution in [2.75, 3.05) is 7.11 Å². The van der Waals surface area contributed by atoms with Gasteiger partial charge in [-0.2, -0.15) is 0 Å². The minimum Gasteiger partial charge on any atom is -0.496 e. The van der Waals surface area contributed by atoms with E-state index >= 15 is 0 Å². The number of methoxy groups -OCH3 is 1. The zero-order valence-electron chi connectivity index (χ0n) is 20.1. The number of nitrogens with one attached hydrogen (secondary N) is 2. The molecule has 0 saturated carbocycles. The number of benzene rings is 3. The van der Waals surface area contributed by atoms with E-state index in [1.807, 2.05) is 92.7 Å². The molecule has 36 heavy (non-hydrogen) atoms. The van der Waals surface area contributed by atoms with E-state index in [9.17, 15) is 9.59 Å². The highest BCUT2D eigenvalue weighted by Gasteiger charge is 2.32. The lowest BCUT2D eigenvalue weighted by Crippen LogP contribution is -2.25. The average Bonchev–Trinajstić information content (AvgIpc) is 3.36. The Balaban J connectivity index is 1.82. The summed E-state index contributed by atoms with van der Waals surface area (Å²) in [6, 6.07) is 24.4. The second-order valence-electron chi connectivity index (χ2n) is 8.57. The van der Waals surface area contributed by atoms with Gasteiger partial charge in [-0.1, -0.05) is 52.3 Å². The highest BCUT2D eigenvalue weighted by Crippen LogP contribution is 2.38. The molecular weight excluding hydrogens is 520 g/mol. The molecule has 2 aromatic heterocycles. The van der Waals surface area contributed by atoms with Crippen LogP contribution >= 0.6 is 15.9 Å². The van der Waals surface area contributed by atoms with Crippen LogP contribution in [0.3, 0.4) is 0 Å². The summed E-state index contributed by atoms with van der Waals surface area (Å²) in [5.41, 5.74) is 3.99. The maximum Gasteiger partial charge on any atom is 0.275 e. The van der Waals surface area contributed by atoms with Gasteiger partial charge in [-0.25, -0.2) is 9.36 Å². The van der Waals surface area contributed by atoms with Gasteiger partial charge in [0, 0.05) is 21.4 Å². The lowest BCUT2D eigenvalue weighted by molar-refractivity contribution is 0.409. The Morgan fingerprint density at radius 3 is 1.67 bits per heavy atom. The van der Waals surface area contributed by atoms with Crippen molar-refractivity contribution in [3.8, 4) is 17.1 Å². The van der Waals surface area contributed by atoms with Gasteiger partial charge in [0.15, 0.2) is 0 Å². The smallest absolute Gasteiger partial charge is 0.275 e. The normalized spacial score (nSPS) is 11.2. The van der Waals surface area contributed by atoms with Gasteiger partial charge in [-0.05, 0) is 56.3 Å². The van der Waals surface area contributed by atoms with Gasteiger partial charge >= 0.3 is 0 Å². The Hall–Kier alpha value is -4.04. The van der Waals surface area contributed by atoms with Crippen molar-refractivity contribution in [3.05, 3.63) is 132 Å². The number of hydrogen-bond acceptors (Lipinski definition) is 3. The van der Waals surface area contributed by atoms with Crippen LogP contribution in [0.5, 0.6) is 5.75 Å². The number of H-pyrrole nitrogens is 2. The average molecular weight is 545 g/mol. The van der Waals surface area contributed by atoms with Gasteiger partial charge in [-0.3, -0.25) is 19.8 Å². The van der Waals surface area contributed by atoms with Gasteiger partial charge in [0.25, 0.3) is 11.1 Å². The molecule has 0 aliphatic rings. The number of ether oxygens (including phenoxy) is 1. The monoisotopic (exact) mass is 544 g/mol. The predicted octanol–water partition coefficient (Wildman–Crippen LogP) is 5.21. The van der Waals surface area contributed by atoms with Crippen molar-refractivity contribution < 1.29 is 4.74 Å². The summed E-state index contributed by atoms with van der Waals surface area (Å²) in [5, 5.41) is 6.42. The fourth-order valence-electron chi connectivity index (χ4n) is 4.70. The number of aromatic amines is 2. The Morgan fingerprint density at radius 1 is 0.750 bits per heavy atom. The Morgan fingerprint density at radius 2 is 1.22 bits per heavy atom. The molecule has 0 aliphatic carbocycles. The summed E-state index contributed by atoms with van der Waals surface area (Å²) in [6.45, 7) is 3.71. The summed E-state index contributed by atoms with van der Waals surface area (Å²) in [6.07, 6.45) is 0. The number of halogens is 1. The molecule has 0 saturated heterocycles. The molecular formula is C28H25BrN4O3. The van der Waals surface area contributed by atoms with Crippen LogP contribution in [0.4, 0.5) is 0 Å². The number of rotatable bonds is 6. The molecule has 0 fully saturated rings. The molecule has 0 unspecified atom stereocenters. The molecule has 2 heterocycles. The van der Waals surface area contributed by atoms with Crippen LogP contribution in [0.15, 0.2) is 92.9 Å². The highest BCUT2D eigenvalue weighted by molar-refractivity contribution is 9.10. The molecule has 0 amide bonds. The molecule has 0 aliphatic heterocycles. The molecule has 0 spiro atoms. The quantitative estimate of drug-likeness (QED) is 0.307. The van der Waals surface area contributed by atoms with E-state index in [0.717, 1.165) is 4.47 Å². The van der Waals surface area contributed by atoms with Crippen molar-refractivity contribution in [1.29, 1.82) is 0 Å². The van der Waals surface area contributed by atoms with Gasteiger partial charge in [0.2, 0.25) is 0 Å². The highest BCUT2D eigenvalue weighted by atomic mass is 79.9. The van der Waals surface area contributed by atoms with Crippen molar-refractivity contribution in [2.24, 2.45) is 0 Å². The van der Waals surface area contributed by atoms with Gasteiger partial charge < -0.3 is 4.74 Å². The molecule has 3 aromatic carbocycles. The van der Waals surface area contributed by atoms with Crippen LogP contribution < -0.4 is 15.9 Å². The lowest BCUT2D eigenvalue weighted by atomic mass is 9.84. The first-order chi connectivity index (χ1) is 17.4. The molecule has 5 aromatic rings. The fourth-order valence-corrected chi connectivity index (χ4v) is 5.08. The van der Waals surface area contributed by atoms with Crippen LogP contribution in [0.1, 0.15) is 34.0 Å². The third-order valence-electron chi connectivity index (χ3n) is 6.34. The van der Waals surface area contributed by atoms with E-state index in [2.05, 4.69) is 26.1 Å². The third-order valence-corrected chi connectivity index (χ3v) is 6.84. The standard InChI is InChI=1S/C28H25BrN4O3/c1-17-24(27(34)32(30-17)20-10-6-4-7-11-20)26(22-16-19(29)14-15-23(22)36-3)25-18(2)31-33(28(25)35)21-12-8-5-9-13-21/h4-16,26,30-31H,1-3H3. The molecule has 0 radical (unpaired) electrons. The topological polar surface area (TPSA) is 84.8 Å². The van der Waals surface area contributed by atoms with Crippen molar-refractivity contribution in [2.45, 2.75) is 19.8 Å². The van der Waals surface area contributed by atoms with Gasteiger partial charge in [-0.15, -0.1) is 0 Å². The summed E-state index contributed by atoms with van der Waals surface area (Å²) >= 11 is 3.56. The molecule has 8 heteroatoms. The van der Waals surface area contributed by atoms with Crippen LogP contribution in [0.25, 0.3) is 11.4 Å². The molecule has 7 nitrogen and oxygen atoms in total. The van der Waals surface area contributed by atoms with E-state index < -0.39 is 5.92 Å². The largest absolute Gasteiger partial charge is 0.496 e. The zero-order chi connectivity index (χ0) is 25.4. The third kappa shape index (κ3) is 4.03. The van der Waals surface area contributed by atoms with Crippen LogP contribution in [0.2, 0.25) is 0 Å². The van der Waals surface area contributed by atoms with Crippen LogP contribution in [-0.4, -0.2) is 26.7 Å². The maximum absolute atomic E-state index is 13.9. The Bertz CT molecular complexity index is 1550. The maximum atomic E-state index is 13.9. The minimum atomic E-state index is -0.681. The molecule has 2 N–H and O–H groups in total. The van der Waals surface area contributed by atoms with E-state index in [4.69, 9.17) is 4.74 Å². The molecule has 5 rings (SSSR count). The van der Waals surface area contributed by atoms with E-state index in [1.165, 1.54) is 9.36 Å². The van der Waals surface area contributed by atoms with Gasteiger partial charge in [0.05, 0.1) is 35.5 Å². The zero-order valence-corrected chi connectivity index (χ0v) is 21.7. The Kier molecular flexibility index (Phi) is 6.28. The summed E-state index contributed by atoms with van der Waals surface area (Å²) in [5.74, 6) is -0.0967. The predicted molar refractivity (Wildman–Crippen MR) is 144 cm³/mol. The second kappa shape index (κ2) is 9.54. The number of nitrogens with zero attached hydrogens (tertiary/aromatic N) is 2. The summed E-state index contributed by atoms with van der Waals surface area (Å²) in [4.78, 5) is 27.8. The number of aryl methyl sites for hydroxylation is 2. The first-order valence-corrected chi connectivity index (χ1v) is 12.3. The summed E-state index contributed by atoms with van der Waals surface area (Å²) in [7, 11) is 1.59. The van der Waals surface area contributed by atoms with Crippen LogP contribution in [0, 0.1) is 13.8 Å². The van der Waals surface area contributed by atoms with E-state index in [0.29, 0.717) is 45.2 Å². The van der Waals surface area contributed by atoms with Crippen molar-refractivity contribution >= 4 is 15.9 Å². The second-order valence-corrected chi connectivity index (χ2v) is 9.49. The lowest BCUT2D eigenvalue weighted by Gasteiger charge is -2.19. The van der Waals surface area contributed by atoms with Gasteiger partial charge in [0.1, 0.15) is 5.75 Å². The van der Waals surface area contributed by atoms with Crippen LogP contribution in [-0.2, 0) is 0 Å².